The molecule has 0 saturated carbocycles. The Kier molecular flexibility index (Phi) is 3.82. The molecule has 1 aromatic rings. The minimum absolute atomic E-state index is 0.0620. The fourth-order valence-electron chi connectivity index (χ4n) is 2.60. The molecule has 1 aliphatic rings. The Morgan fingerprint density at radius 2 is 2.11 bits per heavy atom. The highest BCUT2D eigenvalue weighted by atomic mass is 19.1. The third kappa shape index (κ3) is 2.33. The molecule has 3 nitrogen and oxygen atoms in total. The van der Waals surface area contributed by atoms with E-state index in [0.29, 0.717) is 18.0 Å². The third-order valence-electron chi connectivity index (χ3n) is 3.60. The lowest BCUT2D eigenvalue weighted by molar-refractivity contribution is 0.304. The van der Waals surface area contributed by atoms with Crippen molar-refractivity contribution < 1.29 is 13.5 Å². The molecule has 2 rings (SSSR count). The molecule has 1 fully saturated rings. The van der Waals surface area contributed by atoms with Gasteiger partial charge in [0.1, 0.15) is 5.82 Å². The summed E-state index contributed by atoms with van der Waals surface area (Å²) in [7, 11) is 3.30. The molecular formula is C13H18F2N2O. The van der Waals surface area contributed by atoms with Crippen LogP contribution in [0.5, 0.6) is 5.75 Å². The standard InChI is InChI=1S/C13H18F2N2O/c1-17-7-8(6-16)3-12(17)9-4-13(18-2)11(15)5-10(9)14/h4-5,8,12H,3,6-7,16H2,1-2H3. The summed E-state index contributed by atoms with van der Waals surface area (Å²) in [5.74, 6) is -0.760. The van der Waals surface area contributed by atoms with Crippen LogP contribution in [0.3, 0.4) is 0 Å². The van der Waals surface area contributed by atoms with Crippen molar-refractivity contribution in [2.75, 3.05) is 27.2 Å². The largest absolute Gasteiger partial charge is 0.494 e. The average Bonchev–Trinajstić information content (AvgIpc) is 2.71. The lowest BCUT2D eigenvalue weighted by atomic mass is 9.99. The minimum Gasteiger partial charge on any atom is -0.494 e. The Labute approximate surface area is 106 Å². The predicted octanol–water partition coefficient (Wildman–Crippen LogP) is 1.92. The quantitative estimate of drug-likeness (QED) is 0.898. The fourth-order valence-corrected chi connectivity index (χ4v) is 2.60. The van der Waals surface area contributed by atoms with Gasteiger partial charge in [0, 0.05) is 24.2 Å². The van der Waals surface area contributed by atoms with E-state index in [1.807, 2.05) is 11.9 Å². The van der Waals surface area contributed by atoms with Crippen molar-refractivity contribution in [2.45, 2.75) is 12.5 Å². The van der Waals surface area contributed by atoms with Gasteiger partial charge >= 0.3 is 0 Å². The number of hydrogen-bond acceptors (Lipinski definition) is 3. The minimum atomic E-state index is -0.672. The van der Waals surface area contributed by atoms with Crippen LogP contribution in [-0.4, -0.2) is 32.1 Å². The number of ether oxygens (including phenoxy) is 1. The number of benzene rings is 1. The van der Waals surface area contributed by atoms with Gasteiger partial charge in [0.2, 0.25) is 0 Å². The van der Waals surface area contributed by atoms with Gasteiger partial charge in [0.25, 0.3) is 0 Å². The van der Waals surface area contributed by atoms with Crippen molar-refractivity contribution in [1.82, 2.24) is 4.90 Å². The monoisotopic (exact) mass is 256 g/mol. The third-order valence-corrected chi connectivity index (χ3v) is 3.60. The summed E-state index contributed by atoms with van der Waals surface area (Å²) in [5.41, 5.74) is 6.13. The lowest BCUT2D eigenvalue weighted by Crippen LogP contribution is -2.21. The van der Waals surface area contributed by atoms with Crippen LogP contribution in [0, 0.1) is 17.6 Å². The van der Waals surface area contributed by atoms with E-state index in [-0.39, 0.29) is 11.8 Å². The summed E-state index contributed by atoms with van der Waals surface area (Å²) in [6.07, 6.45) is 0.790. The molecule has 2 N–H and O–H groups in total. The second-order valence-electron chi connectivity index (χ2n) is 4.80. The van der Waals surface area contributed by atoms with Gasteiger partial charge in [-0.3, -0.25) is 4.90 Å². The zero-order valence-electron chi connectivity index (χ0n) is 10.6. The normalized spacial score (nSPS) is 24.5. The van der Waals surface area contributed by atoms with Crippen LogP contribution >= 0.6 is 0 Å². The van der Waals surface area contributed by atoms with E-state index in [0.717, 1.165) is 19.0 Å². The van der Waals surface area contributed by atoms with Crippen molar-refractivity contribution in [3.8, 4) is 5.75 Å². The van der Waals surface area contributed by atoms with Gasteiger partial charge in [0.05, 0.1) is 7.11 Å². The zero-order chi connectivity index (χ0) is 13.3. The van der Waals surface area contributed by atoms with Gasteiger partial charge < -0.3 is 10.5 Å². The Balaban J connectivity index is 2.33. The molecule has 1 heterocycles. The van der Waals surface area contributed by atoms with Gasteiger partial charge in [-0.25, -0.2) is 8.78 Å². The van der Waals surface area contributed by atoms with Crippen molar-refractivity contribution in [3.05, 3.63) is 29.3 Å². The van der Waals surface area contributed by atoms with Crippen LogP contribution in [0.2, 0.25) is 0 Å². The molecule has 1 saturated heterocycles. The first-order valence-electron chi connectivity index (χ1n) is 6.00. The summed E-state index contributed by atoms with van der Waals surface area (Å²) in [4.78, 5) is 2.05. The number of rotatable bonds is 3. The SMILES string of the molecule is COc1cc(C2CC(CN)CN2C)c(F)cc1F. The van der Waals surface area contributed by atoms with Crippen LogP contribution < -0.4 is 10.5 Å². The molecule has 0 amide bonds. The Hall–Kier alpha value is -1.20. The number of hydrogen-bond donors (Lipinski definition) is 1. The first kappa shape index (κ1) is 13.2. The van der Waals surface area contributed by atoms with Gasteiger partial charge in [0.15, 0.2) is 11.6 Å². The van der Waals surface area contributed by atoms with Gasteiger partial charge in [-0.2, -0.15) is 0 Å². The number of nitrogens with zero attached hydrogens (tertiary/aromatic N) is 1. The van der Waals surface area contributed by atoms with E-state index < -0.39 is 11.6 Å². The molecule has 0 radical (unpaired) electrons. The maximum atomic E-state index is 13.9. The van der Waals surface area contributed by atoms with E-state index >= 15 is 0 Å². The van der Waals surface area contributed by atoms with Gasteiger partial charge in [-0.1, -0.05) is 0 Å². The highest BCUT2D eigenvalue weighted by Gasteiger charge is 2.32. The molecule has 0 aromatic heterocycles. The number of methoxy groups -OCH3 is 1. The van der Waals surface area contributed by atoms with Crippen LogP contribution in [0.15, 0.2) is 12.1 Å². The second-order valence-corrected chi connectivity index (χ2v) is 4.80. The molecule has 5 heteroatoms. The molecule has 0 bridgehead atoms. The van der Waals surface area contributed by atoms with Crippen molar-refractivity contribution in [1.29, 1.82) is 0 Å². The maximum absolute atomic E-state index is 13.9. The highest BCUT2D eigenvalue weighted by Crippen LogP contribution is 2.37. The van der Waals surface area contributed by atoms with Gasteiger partial charge in [-0.15, -0.1) is 0 Å². The topological polar surface area (TPSA) is 38.5 Å². The molecular weight excluding hydrogens is 238 g/mol. The predicted molar refractivity (Wildman–Crippen MR) is 65.4 cm³/mol. The Morgan fingerprint density at radius 3 is 2.67 bits per heavy atom. The molecule has 2 unspecified atom stereocenters. The van der Waals surface area contributed by atoms with E-state index in [9.17, 15) is 8.78 Å². The molecule has 1 aliphatic heterocycles. The van der Waals surface area contributed by atoms with Crippen LogP contribution in [0.1, 0.15) is 18.0 Å². The van der Waals surface area contributed by atoms with E-state index in [1.54, 1.807) is 0 Å². The van der Waals surface area contributed by atoms with Crippen molar-refractivity contribution in [2.24, 2.45) is 11.7 Å². The molecule has 100 valence electrons. The lowest BCUT2D eigenvalue weighted by Gasteiger charge is -2.20. The Morgan fingerprint density at radius 1 is 1.39 bits per heavy atom. The number of likely N-dealkylation sites (tertiary alicyclic amines) is 1. The first-order chi connectivity index (χ1) is 8.56. The Bertz CT molecular complexity index is 439. The van der Waals surface area contributed by atoms with Crippen molar-refractivity contribution >= 4 is 0 Å². The molecule has 0 spiro atoms. The van der Waals surface area contributed by atoms with E-state index in [2.05, 4.69) is 0 Å². The van der Waals surface area contributed by atoms with Gasteiger partial charge in [-0.05, 0) is 32.0 Å². The summed E-state index contributed by atoms with van der Waals surface area (Å²) >= 11 is 0. The summed E-state index contributed by atoms with van der Waals surface area (Å²) in [6.45, 7) is 1.42. The number of halogens is 2. The fraction of sp³-hybridized carbons (Fsp3) is 0.538. The summed E-state index contributed by atoms with van der Waals surface area (Å²) in [5, 5.41) is 0. The molecule has 2 atom stereocenters. The highest BCUT2D eigenvalue weighted by molar-refractivity contribution is 5.34. The summed E-state index contributed by atoms with van der Waals surface area (Å²) < 4.78 is 32.1. The van der Waals surface area contributed by atoms with Crippen LogP contribution in [0.25, 0.3) is 0 Å². The first-order valence-corrected chi connectivity index (χ1v) is 6.00. The smallest absolute Gasteiger partial charge is 0.167 e. The zero-order valence-corrected chi connectivity index (χ0v) is 10.6. The average molecular weight is 256 g/mol. The second kappa shape index (κ2) is 5.20. The van der Waals surface area contributed by atoms with Crippen LogP contribution in [-0.2, 0) is 0 Å². The number of nitrogens with two attached hydrogens (primary N) is 1. The molecule has 1 aromatic carbocycles. The molecule has 18 heavy (non-hydrogen) atoms. The molecule has 0 aliphatic carbocycles. The van der Waals surface area contributed by atoms with Crippen molar-refractivity contribution in [3.63, 3.8) is 0 Å². The maximum Gasteiger partial charge on any atom is 0.167 e. The summed E-state index contributed by atoms with van der Waals surface area (Å²) in [6, 6.07) is 2.27. The van der Waals surface area contributed by atoms with E-state index in [1.165, 1.54) is 13.2 Å². The van der Waals surface area contributed by atoms with Crippen LogP contribution in [0.4, 0.5) is 8.78 Å². The van der Waals surface area contributed by atoms with E-state index in [4.69, 9.17) is 10.5 Å².